The lowest BCUT2D eigenvalue weighted by atomic mass is 9.52. The van der Waals surface area contributed by atoms with E-state index >= 15 is 0 Å². The first-order valence-corrected chi connectivity index (χ1v) is 9.98. The molecule has 0 amide bonds. The predicted octanol–water partition coefficient (Wildman–Crippen LogP) is 3.64. The highest BCUT2D eigenvalue weighted by Gasteiger charge is 2.59. The molecule has 1 saturated carbocycles. The van der Waals surface area contributed by atoms with Crippen molar-refractivity contribution >= 4 is 0 Å². The molecule has 1 aromatic heterocycles. The minimum Gasteiger partial charge on any atom is -0.347 e. The highest BCUT2D eigenvalue weighted by Crippen LogP contribution is 2.57. The maximum absolute atomic E-state index is 6.18. The molecule has 26 heavy (non-hydrogen) atoms. The zero-order chi connectivity index (χ0) is 17.8. The standard InChI is InChI=1S/C22H28N2O2/c1-16-19-9-8-18-15-24(2)23-20(18)21(19,14-17-6-4-3-5-7-17)10-11-22(16)25-12-13-26-22/h3-7,15-16,19H,8-14H2,1-2H3/t16-,19-,21+/m0/s1. The summed E-state index contributed by atoms with van der Waals surface area (Å²) in [6.07, 6.45) is 7.65. The van der Waals surface area contributed by atoms with Crippen LogP contribution in [0.1, 0.15) is 43.0 Å². The van der Waals surface area contributed by atoms with Crippen LogP contribution < -0.4 is 0 Å². The number of rotatable bonds is 2. The fraction of sp³-hybridized carbons (Fsp3) is 0.591. The maximum atomic E-state index is 6.18. The third-order valence-corrected chi connectivity index (χ3v) is 7.17. The first kappa shape index (κ1) is 16.5. The van der Waals surface area contributed by atoms with Gasteiger partial charge in [0.1, 0.15) is 0 Å². The number of hydrogen-bond acceptors (Lipinski definition) is 3. The monoisotopic (exact) mass is 352 g/mol. The number of aromatic nitrogens is 2. The molecule has 138 valence electrons. The van der Waals surface area contributed by atoms with E-state index in [0.717, 1.165) is 38.9 Å². The largest absolute Gasteiger partial charge is 0.347 e. The van der Waals surface area contributed by atoms with E-state index in [2.05, 4.69) is 50.5 Å². The van der Waals surface area contributed by atoms with Crippen LogP contribution in [0.2, 0.25) is 0 Å². The van der Waals surface area contributed by atoms with E-state index in [0.29, 0.717) is 11.8 Å². The van der Waals surface area contributed by atoms with Crippen molar-refractivity contribution in [2.24, 2.45) is 18.9 Å². The van der Waals surface area contributed by atoms with E-state index in [1.54, 1.807) is 0 Å². The fourth-order valence-corrected chi connectivity index (χ4v) is 6.01. The topological polar surface area (TPSA) is 36.3 Å². The molecule has 0 radical (unpaired) electrons. The smallest absolute Gasteiger partial charge is 0.171 e. The Morgan fingerprint density at radius 3 is 2.69 bits per heavy atom. The number of fused-ring (bicyclic) bond motifs is 3. The van der Waals surface area contributed by atoms with Gasteiger partial charge < -0.3 is 9.47 Å². The lowest BCUT2D eigenvalue weighted by molar-refractivity contribution is -0.236. The second-order valence-electron chi connectivity index (χ2n) is 8.44. The van der Waals surface area contributed by atoms with Crippen molar-refractivity contribution in [3.05, 3.63) is 53.3 Å². The van der Waals surface area contributed by atoms with E-state index < -0.39 is 0 Å². The molecule has 2 heterocycles. The van der Waals surface area contributed by atoms with Crippen LogP contribution in [-0.4, -0.2) is 28.8 Å². The van der Waals surface area contributed by atoms with E-state index in [9.17, 15) is 0 Å². The summed E-state index contributed by atoms with van der Waals surface area (Å²) in [6, 6.07) is 10.9. The Labute approximate surface area is 155 Å². The number of benzene rings is 1. The van der Waals surface area contributed by atoms with E-state index in [1.807, 2.05) is 4.68 Å². The van der Waals surface area contributed by atoms with Gasteiger partial charge in [-0.05, 0) is 42.7 Å². The van der Waals surface area contributed by atoms with Crippen LogP contribution in [-0.2, 0) is 34.8 Å². The van der Waals surface area contributed by atoms with Gasteiger partial charge in [-0.2, -0.15) is 5.10 Å². The molecular formula is C22H28N2O2. The maximum Gasteiger partial charge on any atom is 0.171 e. The van der Waals surface area contributed by atoms with Crippen molar-refractivity contribution in [2.45, 2.75) is 50.2 Å². The van der Waals surface area contributed by atoms with E-state index in [-0.39, 0.29) is 11.2 Å². The lowest BCUT2D eigenvalue weighted by Gasteiger charge is -2.55. The highest BCUT2D eigenvalue weighted by atomic mass is 16.7. The van der Waals surface area contributed by atoms with Gasteiger partial charge in [0, 0.05) is 31.0 Å². The molecule has 1 aromatic carbocycles. The van der Waals surface area contributed by atoms with Crippen molar-refractivity contribution in [3.8, 4) is 0 Å². The summed E-state index contributed by atoms with van der Waals surface area (Å²) < 4.78 is 14.4. The molecule has 4 heteroatoms. The van der Waals surface area contributed by atoms with Crippen LogP contribution in [0.5, 0.6) is 0 Å². The molecule has 2 aromatic rings. The Bertz CT molecular complexity index is 794. The van der Waals surface area contributed by atoms with Crippen molar-refractivity contribution in [1.29, 1.82) is 0 Å². The molecule has 2 aliphatic carbocycles. The van der Waals surface area contributed by atoms with Gasteiger partial charge in [0.05, 0.1) is 18.9 Å². The Kier molecular flexibility index (Phi) is 3.77. The summed E-state index contributed by atoms with van der Waals surface area (Å²) in [7, 11) is 2.06. The van der Waals surface area contributed by atoms with E-state index in [1.165, 1.54) is 23.2 Å². The average molecular weight is 352 g/mol. The molecule has 4 nitrogen and oxygen atoms in total. The van der Waals surface area contributed by atoms with Crippen molar-refractivity contribution < 1.29 is 9.47 Å². The Balaban J connectivity index is 1.60. The Morgan fingerprint density at radius 1 is 1.15 bits per heavy atom. The number of nitrogens with zero attached hydrogens (tertiary/aromatic N) is 2. The normalized spacial score (nSPS) is 32.4. The Morgan fingerprint density at radius 2 is 1.92 bits per heavy atom. The van der Waals surface area contributed by atoms with Crippen molar-refractivity contribution in [2.75, 3.05) is 13.2 Å². The summed E-state index contributed by atoms with van der Waals surface area (Å²) in [4.78, 5) is 0. The minimum absolute atomic E-state index is 0.0934. The molecule has 0 bridgehead atoms. The van der Waals surface area contributed by atoms with Gasteiger partial charge in [-0.3, -0.25) is 4.68 Å². The Hall–Kier alpha value is -1.65. The van der Waals surface area contributed by atoms with Crippen LogP contribution in [0.15, 0.2) is 36.5 Å². The summed E-state index contributed by atoms with van der Waals surface area (Å²) in [5.74, 6) is 0.562. The van der Waals surface area contributed by atoms with Crippen LogP contribution in [0, 0.1) is 11.8 Å². The molecular weight excluding hydrogens is 324 g/mol. The van der Waals surface area contributed by atoms with Gasteiger partial charge >= 0.3 is 0 Å². The summed E-state index contributed by atoms with van der Waals surface area (Å²) in [5, 5.41) is 4.99. The molecule has 1 saturated heterocycles. The van der Waals surface area contributed by atoms with Crippen LogP contribution in [0.3, 0.4) is 0 Å². The van der Waals surface area contributed by atoms with Crippen LogP contribution in [0.25, 0.3) is 0 Å². The number of ether oxygens (including phenoxy) is 2. The second kappa shape index (κ2) is 5.93. The average Bonchev–Trinajstić information content (AvgIpc) is 3.27. The zero-order valence-corrected chi connectivity index (χ0v) is 15.8. The molecule has 2 fully saturated rings. The summed E-state index contributed by atoms with van der Waals surface area (Å²) in [6.45, 7) is 3.82. The predicted molar refractivity (Wildman–Crippen MR) is 99.9 cm³/mol. The van der Waals surface area contributed by atoms with Crippen molar-refractivity contribution in [3.63, 3.8) is 0 Å². The van der Waals surface area contributed by atoms with Gasteiger partial charge in [0.25, 0.3) is 0 Å². The third-order valence-electron chi connectivity index (χ3n) is 7.17. The molecule has 0 N–H and O–H groups in total. The number of aryl methyl sites for hydroxylation is 2. The van der Waals surface area contributed by atoms with Gasteiger partial charge in [-0.1, -0.05) is 37.3 Å². The molecule has 1 spiro atoms. The van der Waals surface area contributed by atoms with Gasteiger partial charge in [0.2, 0.25) is 0 Å². The molecule has 1 aliphatic heterocycles. The SMILES string of the molecule is C[C@H]1[C@@H]2CCc3cn(C)nc3[C@@]2(Cc2ccccc2)CCC12OCCO2. The lowest BCUT2D eigenvalue weighted by Crippen LogP contribution is -2.57. The first-order valence-electron chi connectivity index (χ1n) is 9.98. The third kappa shape index (κ3) is 2.31. The van der Waals surface area contributed by atoms with Gasteiger partial charge in [-0.15, -0.1) is 0 Å². The molecule has 3 atom stereocenters. The van der Waals surface area contributed by atoms with E-state index in [4.69, 9.17) is 14.6 Å². The van der Waals surface area contributed by atoms with Crippen LogP contribution in [0.4, 0.5) is 0 Å². The summed E-state index contributed by atoms with van der Waals surface area (Å²) >= 11 is 0. The fourth-order valence-electron chi connectivity index (χ4n) is 6.01. The van der Waals surface area contributed by atoms with Crippen LogP contribution >= 0.6 is 0 Å². The first-order chi connectivity index (χ1) is 12.6. The zero-order valence-electron chi connectivity index (χ0n) is 15.8. The van der Waals surface area contributed by atoms with Crippen molar-refractivity contribution in [1.82, 2.24) is 9.78 Å². The minimum atomic E-state index is -0.364. The van der Waals surface area contributed by atoms with Gasteiger partial charge in [-0.25, -0.2) is 0 Å². The van der Waals surface area contributed by atoms with Gasteiger partial charge in [0.15, 0.2) is 5.79 Å². The second-order valence-corrected chi connectivity index (χ2v) is 8.44. The molecule has 5 rings (SSSR count). The summed E-state index contributed by atoms with van der Waals surface area (Å²) in [5.41, 5.74) is 4.28. The highest BCUT2D eigenvalue weighted by molar-refractivity contribution is 5.36. The quantitative estimate of drug-likeness (QED) is 0.828. The molecule has 0 unspecified atom stereocenters. The number of hydrogen-bond donors (Lipinski definition) is 0. The molecule has 3 aliphatic rings.